The van der Waals surface area contributed by atoms with Crippen molar-refractivity contribution in [2.45, 2.75) is 88.1 Å². The number of hydrogen-bond donors (Lipinski definition) is 2. The minimum absolute atomic E-state index is 0.115. The van der Waals surface area contributed by atoms with Gasteiger partial charge >= 0.3 is 0 Å². The molecule has 1 spiro atoms. The molecule has 1 unspecified atom stereocenters. The second-order valence-corrected chi connectivity index (χ2v) is 12.5. The van der Waals surface area contributed by atoms with Gasteiger partial charge < -0.3 is 24.6 Å². The van der Waals surface area contributed by atoms with Crippen molar-refractivity contribution in [3.8, 4) is 0 Å². The Bertz CT molecular complexity index is 992. The first-order chi connectivity index (χ1) is 16.1. The largest absolute Gasteiger partial charge is 0.390 e. The number of ether oxygens (including phenoxy) is 2. The molecule has 2 N–H and O–H groups in total. The average Bonchev–Trinajstić information content (AvgIpc) is 3.33. The van der Waals surface area contributed by atoms with Crippen molar-refractivity contribution in [2.75, 3.05) is 32.2 Å². The minimum Gasteiger partial charge on any atom is -0.390 e. The van der Waals surface area contributed by atoms with E-state index in [1.807, 2.05) is 0 Å². The van der Waals surface area contributed by atoms with Crippen LogP contribution >= 0.6 is 0 Å². The van der Waals surface area contributed by atoms with Crippen LogP contribution in [0.1, 0.15) is 76.7 Å². The fraction of sp³-hybridized carbons (Fsp3) is 0.724. The Kier molecular flexibility index (Phi) is 5.11. The maximum Gasteiger partial charge on any atom is 0.171 e. The van der Waals surface area contributed by atoms with Crippen molar-refractivity contribution in [1.82, 2.24) is 0 Å². The molecular formula is C29H41NO4. The fourth-order valence-corrected chi connectivity index (χ4v) is 8.54. The van der Waals surface area contributed by atoms with Crippen LogP contribution in [-0.2, 0) is 9.47 Å². The van der Waals surface area contributed by atoms with Gasteiger partial charge in [-0.3, -0.25) is 0 Å². The molecule has 186 valence electrons. The number of rotatable bonds is 2. The number of nitrogens with zero attached hydrogens (tertiary/aromatic N) is 1. The first kappa shape index (κ1) is 23.0. The molecule has 1 saturated heterocycles. The topological polar surface area (TPSA) is 62.2 Å². The van der Waals surface area contributed by atoms with Crippen LogP contribution < -0.4 is 4.90 Å². The van der Waals surface area contributed by atoms with Crippen molar-refractivity contribution in [1.29, 1.82) is 0 Å². The van der Waals surface area contributed by atoms with Gasteiger partial charge in [0.1, 0.15) is 0 Å². The zero-order chi connectivity index (χ0) is 23.9. The monoisotopic (exact) mass is 467 g/mol. The Balaban J connectivity index is 1.47. The van der Waals surface area contributed by atoms with Crippen LogP contribution in [0.4, 0.5) is 5.69 Å². The Hall–Kier alpha value is -1.40. The zero-order valence-electron chi connectivity index (χ0n) is 21.3. The smallest absolute Gasteiger partial charge is 0.171 e. The quantitative estimate of drug-likeness (QED) is 0.614. The first-order valence-corrected chi connectivity index (χ1v) is 13.3. The number of hydrogen-bond acceptors (Lipinski definition) is 5. The van der Waals surface area contributed by atoms with Gasteiger partial charge in [-0.05, 0) is 80.6 Å². The highest BCUT2D eigenvalue weighted by atomic mass is 16.7. The zero-order valence-corrected chi connectivity index (χ0v) is 21.3. The van der Waals surface area contributed by atoms with E-state index < -0.39 is 17.0 Å². The molecule has 5 aliphatic rings. The Morgan fingerprint density at radius 1 is 0.941 bits per heavy atom. The molecule has 6 rings (SSSR count). The first-order valence-electron chi connectivity index (χ1n) is 13.3. The maximum atomic E-state index is 12.1. The third kappa shape index (κ3) is 3.20. The van der Waals surface area contributed by atoms with Crippen LogP contribution in [-0.4, -0.2) is 54.5 Å². The highest BCUT2D eigenvalue weighted by molar-refractivity contribution is 5.50. The summed E-state index contributed by atoms with van der Waals surface area (Å²) in [4.78, 5) is 2.13. The minimum atomic E-state index is -0.842. The third-order valence-electron chi connectivity index (χ3n) is 10.6. The highest BCUT2D eigenvalue weighted by Gasteiger charge is 2.63. The summed E-state index contributed by atoms with van der Waals surface area (Å²) < 4.78 is 12.1. The molecule has 6 atom stereocenters. The summed E-state index contributed by atoms with van der Waals surface area (Å²) in [5.74, 6) is 0.533. The van der Waals surface area contributed by atoms with E-state index in [1.165, 1.54) is 22.4 Å². The summed E-state index contributed by atoms with van der Waals surface area (Å²) in [5, 5.41) is 23.6. The van der Waals surface area contributed by atoms with Gasteiger partial charge in [0, 0.05) is 44.0 Å². The number of aliphatic hydroxyl groups is 2. The van der Waals surface area contributed by atoms with Crippen LogP contribution in [0.25, 0.3) is 0 Å². The number of fused-ring (bicyclic) bond motifs is 4. The van der Waals surface area contributed by atoms with Gasteiger partial charge in [-0.1, -0.05) is 24.6 Å². The van der Waals surface area contributed by atoms with Crippen LogP contribution in [0.15, 0.2) is 35.4 Å². The van der Waals surface area contributed by atoms with E-state index in [0.29, 0.717) is 31.5 Å². The third-order valence-corrected chi connectivity index (χ3v) is 10.6. The molecule has 5 heteroatoms. The molecular weight excluding hydrogens is 426 g/mol. The van der Waals surface area contributed by atoms with E-state index in [1.54, 1.807) is 0 Å². The van der Waals surface area contributed by atoms with Gasteiger partial charge in [-0.15, -0.1) is 0 Å². The van der Waals surface area contributed by atoms with Crippen LogP contribution in [0.3, 0.4) is 0 Å². The molecule has 34 heavy (non-hydrogen) atoms. The van der Waals surface area contributed by atoms with Gasteiger partial charge in [-0.2, -0.15) is 0 Å². The molecule has 0 bridgehead atoms. The number of anilines is 1. The van der Waals surface area contributed by atoms with E-state index in [0.717, 1.165) is 44.9 Å². The Morgan fingerprint density at radius 2 is 1.65 bits per heavy atom. The van der Waals surface area contributed by atoms with Crippen molar-refractivity contribution in [2.24, 2.45) is 17.3 Å². The molecule has 3 saturated carbocycles. The van der Waals surface area contributed by atoms with Crippen molar-refractivity contribution < 1.29 is 19.7 Å². The predicted molar refractivity (Wildman–Crippen MR) is 133 cm³/mol. The molecule has 1 heterocycles. The number of benzene rings is 1. The molecule has 5 nitrogen and oxygen atoms in total. The lowest BCUT2D eigenvalue weighted by molar-refractivity contribution is -0.208. The van der Waals surface area contributed by atoms with Crippen molar-refractivity contribution >= 4 is 5.69 Å². The molecule has 0 amide bonds. The maximum absolute atomic E-state index is 12.1. The van der Waals surface area contributed by atoms with E-state index in [9.17, 15) is 10.2 Å². The summed E-state index contributed by atoms with van der Waals surface area (Å²) >= 11 is 0. The normalized spacial score (nSPS) is 42.9. The van der Waals surface area contributed by atoms with Gasteiger partial charge in [0.05, 0.1) is 24.4 Å². The molecule has 0 radical (unpaired) electrons. The Morgan fingerprint density at radius 3 is 2.32 bits per heavy atom. The van der Waals surface area contributed by atoms with Crippen LogP contribution in [0.5, 0.6) is 0 Å². The lowest BCUT2D eigenvalue weighted by Crippen LogP contribution is -2.55. The predicted octanol–water partition coefficient (Wildman–Crippen LogP) is 4.77. The standard InChI is InChI=1S/C29H41NO4/c1-26-17-22(19-5-7-20(8-6-19)30(3)4)25-21(23(26)10-12-27(26,2)31)9-13-28(32)18-29(14-11-24(25)28)33-15-16-34-29/h5-8,21-23,31-32H,9-18H2,1-4H3/t21?,22-,23+,26-,27-,28-/m1/s1. The second kappa shape index (κ2) is 7.55. The molecule has 0 aromatic heterocycles. The summed E-state index contributed by atoms with van der Waals surface area (Å²) in [6.07, 6.45) is 6.86. The van der Waals surface area contributed by atoms with Gasteiger partial charge in [0.15, 0.2) is 5.79 Å². The van der Waals surface area contributed by atoms with E-state index in [2.05, 4.69) is 57.1 Å². The highest BCUT2D eigenvalue weighted by Crippen LogP contribution is 2.67. The number of allylic oxidation sites excluding steroid dienone is 1. The van der Waals surface area contributed by atoms with Gasteiger partial charge in [-0.25, -0.2) is 0 Å². The van der Waals surface area contributed by atoms with Gasteiger partial charge in [0.25, 0.3) is 0 Å². The summed E-state index contributed by atoms with van der Waals surface area (Å²) in [5.41, 5.74) is 3.66. The second-order valence-electron chi connectivity index (χ2n) is 12.5. The van der Waals surface area contributed by atoms with E-state index in [-0.39, 0.29) is 11.3 Å². The van der Waals surface area contributed by atoms with Gasteiger partial charge in [0.2, 0.25) is 0 Å². The van der Waals surface area contributed by atoms with E-state index >= 15 is 0 Å². The van der Waals surface area contributed by atoms with Crippen molar-refractivity contribution in [3.05, 3.63) is 41.0 Å². The van der Waals surface area contributed by atoms with Crippen LogP contribution in [0.2, 0.25) is 0 Å². The Labute approximate surface area is 204 Å². The van der Waals surface area contributed by atoms with E-state index in [4.69, 9.17) is 9.47 Å². The lowest BCUT2D eigenvalue weighted by Gasteiger charge is -2.57. The SMILES string of the molecule is CN(C)c1ccc([C@H]2C[C@]3(C)[C@@H](CC[C@@]3(C)O)C3CC[C@@]4(O)CC5(CCC4=C32)OCCO5)cc1. The summed E-state index contributed by atoms with van der Waals surface area (Å²) in [7, 11) is 4.15. The van der Waals surface area contributed by atoms with Crippen LogP contribution in [0, 0.1) is 17.3 Å². The summed E-state index contributed by atoms with van der Waals surface area (Å²) in [6.45, 7) is 5.65. The summed E-state index contributed by atoms with van der Waals surface area (Å²) in [6, 6.07) is 8.97. The molecule has 1 aromatic carbocycles. The molecule has 4 fully saturated rings. The average molecular weight is 468 g/mol. The molecule has 1 aromatic rings. The lowest BCUT2D eigenvalue weighted by atomic mass is 9.50. The van der Waals surface area contributed by atoms with Crippen molar-refractivity contribution in [3.63, 3.8) is 0 Å². The molecule has 1 aliphatic heterocycles. The molecule has 4 aliphatic carbocycles. The fourth-order valence-electron chi connectivity index (χ4n) is 8.54.